The Kier molecular flexibility index (Phi) is 6.95. The van der Waals surface area contributed by atoms with Crippen LogP contribution in [-0.4, -0.2) is 16.8 Å². The number of hydrogen-bond acceptors (Lipinski definition) is 6. The topological polar surface area (TPSA) is 122 Å². The van der Waals surface area contributed by atoms with Crippen LogP contribution in [0.5, 0.6) is 5.75 Å². The van der Waals surface area contributed by atoms with Gasteiger partial charge in [-0.15, -0.1) is 0 Å². The lowest BCUT2D eigenvalue weighted by atomic mass is 10.1. The van der Waals surface area contributed by atoms with Crippen LogP contribution in [0.3, 0.4) is 0 Å². The summed E-state index contributed by atoms with van der Waals surface area (Å²) in [5, 5.41) is 23.4. The zero-order chi connectivity index (χ0) is 23.1. The molecule has 0 bridgehead atoms. The highest BCUT2D eigenvalue weighted by molar-refractivity contribution is 6.31. The fourth-order valence-corrected chi connectivity index (χ4v) is 2.87. The number of nitro benzene ring substituents is 1. The van der Waals surface area contributed by atoms with Crippen molar-refractivity contribution in [2.24, 2.45) is 0 Å². The number of anilines is 1. The van der Waals surface area contributed by atoms with Gasteiger partial charge in [0.25, 0.3) is 11.6 Å². The number of rotatable bonds is 6. The second kappa shape index (κ2) is 10.0. The van der Waals surface area contributed by atoms with E-state index in [0.717, 1.165) is 0 Å². The van der Waals surface area contributed by atoms with Gasteiger partial charge < -0.3 is 10.1 Å². The standard InChI is InChI=1S/C23H14ClN3O5/c24-17-4-3-5-18(13-17)26-22(28)16(14-25)12-15-8-10-19(11-9-15)32-23(29)20-6-1-2-7-21(20)27(30)31/h1-13H,(H,26,28)/b16-12+. The lowest BCUT2D eigenvalue weighted by molar-refractivity contribution is -0.385. The highest BCUT2D eigenvalue weighted by Gasteiger charge is 2.21. The molecule has 3 rings (SSSR count). The van der Waals surface area contributed by atoms with Gasteiger partial charge in [-0.1, -0.05) is 41.9 Å². The van der Waals surface area contributed by atoms with Crippen molar-refractivity contribution in [2.45, 2.75) is 0 Å². The lowest BCUT2D eigenvalue weighted by Gasteiger charge is -2.06. The Morgan fingerprint density at radius 2 is 1.78 bits per heavy atom. The maximum Gasteiger partial charge on any atom is 0.350 e. The van der Waals surface area contributed by atoms with Crippen LogP contribution >= 0.6 is 11.6 Å². The highest BCUT2D eigenvalue weighted by Crippen LogP contribution is 2.22. The van der Waals surface area contributed by atoms with Crippen molar-refractivity contribution in [1.29, 1.82) is 5.26 Å². The summed E-state index contributed by atoms with van der Waals surface area (Å²) in [7, 11) is 0. The van der Waals surface area contributed by atoms with E-state index >= 15 is 0 Å². The summed E-state index contributed by atoms with van der Waals surface area (Å²) in [5.74, 6) is -1.34. The van der Waals surface area contributed by atoms with Gasteiger partial charge in [0.2, 0.25) is 0 Å². The SMILES string of the molecule is N#C/C(=C\c1ccc(OC(=O)c2ccccc2[N+](=O)[O-])cc1)C(=O)Nc1cccc(Cl)c1. The zero-order valence-corrected chi connectivity index (χ0v) is 17.1. The minimum Gasteiger partial charge on any atom is -0.423 e. The Bertz CT molecular complexity index is 1260. The Hall–Kier alpha value is -4.48. The van der Waals surface area contributed by atoms with Gasteiger partial charge >= 0.3 is 5.97 Å². The number of ether oxygens (including phenoxy) is 1. The van der Waals surface area contributed by atoms with Crippen LogP contribution in [0.25, 0.3) is 6.08 Å². The molecule has 1 amide bonds. The number of nitrogens with one attached hydrogen (secondary N) is 1. The molecular formula is C23H14ClN3O5. The minimum atomic E-state index is -0.876. The first-order valence-electron chi connectivity index (χ1n) is 9.12. The normalized spacial score (nSPS) is 10.7. The Labute approximate surface area is 187 Å². The molecule has 0 spiro atoms. The Morgan fingerprint density at radius 1 is 1.06 bits per heavy atom. The molecule has 0 heterocycles. The fraction of sp³-hybridized carbons (Fsp3) is 0. The van der Waals surface area contributed by atoms with Crippen LogP contribution in [-0.2, 0) is 4.79 Å². The summed E-state index contributed by atoms with van der Waals surface area (Å²) in [4.78, 5) is 35.0. The quantitative estimate of drug-likeness (QED) is 0.141. The van der Waals surface area contributed by atoms with Crippen molar-refractivity contribution in [3.8, 4) is 11.8 Å². The monoisotopic (exact) mass is 447 g/mol. The van der Waals surface area contributed by atoms with Crippen LogP contribution in [0.15, 0.2) is 78.4 Å². The zero-order valence-electron chi connectivity index (χ0n) is 16.3. The number of para-hydroxylation sites is 1. The van der Waals surface area contributed by atoms with E-state index in [0.29, 0.717) is 16.3 Å². The van der Waals surface area contributed by atoms with Crippen LogP contribution in [0.2, 0.25) is 5.02 Å². The van der Waals surface area contributed by atoms with Gasteiger partial charge in [0, 0.05) is 16.8 Å². The van der Waals surface area contributed by atoms with E-state index in [2.05, 4.69) is 5.32 Å². The molecule has 158 valence electrons. The Morgan fingerprint density at radius 3 is 2.44 bits per heavy atom. The summed E-state index contributed by atoms with van der Waals surface area (Å²) >= 11 is 5.89. The summed E-state index contributed by atoms with van der Waals surface area (Å²) in [6.07, 6.45) is 1.37. The fourth-order valence-electron chi connectivity index (χ4n) is 2.68. The summed E-state index contributed by atoms with van der Waals surface area (Å²) < 4.78 is 5.19. The molecule has 3 aromatic rings. The number of esters is 1. The van der Waals surface area contributed by atoms with Crippen molar-refractivity contribution in [1.82, 2.24) is 0 Å². The van der Waals surface area contributed by atoms with Crippen molar-refractivity contribution in [3.05, 3.63) is 105 Å². The number of nitro groups is 1. The molecule has 0 saturated heterocycles. The van der Waals surface area contributed by atoms with E-state index in [-0.39, 0.29) is 22.6 Å². The second-order valence-electron chi connectivity index (χ2n) is 6.37. The molecule has 0 atom stereocenters. The summed E-state index contributed by atoms with van der Waals surface area (Å²) in [6.45, 7) is 0. The number of carbonyl (C=O) groups excluding carboxylic acids is 2. The van der Waals surface area contributed by atoms with Crippen molar-refractivity contribution >= 4 is 40.9 Å². The van der Waals surface area contributed by atoms with Crippen molar-refractivity contribution in [2.75, 3.05) is 5.32 Å². The number of carbonyl (C=O) groups is 2. The maximum absolute atomic E-state index is 12.3. The second-order valence-corrected chi connectivity index (χ2v) is 6.80. The van der Waals surface area contributed by atoms with Crippen molar-refractivity contribution < 1.29 is 19.2 Å². The average Bonchev–Trinajstić information content (AvgIpc) is 2.78. The molecule has 0 radical (unpaired) electrons. The molecule has 0 aromatic heterocycles. The van der Waals surface area contributed by atoms with Gasteiger partial charge in [-0.05, 0) is 48.0 Å². The van der Waals surface area contributed by atoms with Gasteiger partial charge in [0.1, 0.15) is 23.0 Å². The van der Waals surface area contributed by atoms with Gasteiger partial charge in [-0.25, -0.2) is 4.79 Å². The first-order valence-corrected chi connectivity index (χ1v) is 9.49. The number of halogens is 1. The molecule has 3 aromatic carbocycles. The van der Waals surface area contributed by atoms with Gasteiger partial charge in [0.15, 0.2) is 0 Å². The number of nitrogens with zero attached hydrogens (tertiary/aromatic N) is 2. The number of nitriles is 1. The van der Waals surface area contributed by atoms with E-state index in [1.807, 2.05) is 6.07 Å². The predicted molar refractivity (Wildman–Crippen MR) is 118 cm³/mol. The molecule has 0 fully saturated rings. The number of hydrogen-bond donors (Lipinski definition) is 1. The molecule has 32 heavy (non-hydrogen) atoms. The predicted octanol–water partition coefficient (Wildman–Crippen LogP) is 5.01. The first-order chi connectivity index (χ1) is 15.4. The lowest BCUT2D eigenvalue weighted by Crippen LogP contribution is -2.13. The molecular weight excluding hydrogens is 434 g/mol. The molecule has 9 heteroatoms. The maximum atomic E-state index is 12.3. The van der Waals surface area contributed by atoms with Crippen molar-refractivity contribution in [3.63, 3.8) is 0 Å². The van der Waals surface area contributed by atoms with E-state index < -0.39 is 16.8 Å². The van der Waals surface area contributed by atoms with Gasteiger partial charge in [0.05, 0.1) is 4.92 Å². The van der Waals surface area contributed by atoms with E-state index in [1.54, 1.807) is 24.3 Å². The molecule has 0 saturated carbocycles. The third-order valence-electron chi connectivity index (χ3n) is 4.17. The number of amides is 1. The molecule has 0 aliphatic rings. The van der Waals surface area contributed by atoms with E-state index in [1.165, 1.54) is 54.6 Å². The smallest absolute Gasteiger partial charge is 0.350 e. The van der Waals surface area contributed by atoms with Gasteiger partial charge in [-0.2, -0.15) is 5.26 Å². The largest absolute Gasteiger partial charge is 0.423 e. The molecule has 0 aliphatic carbocycles. The molecule has 1 N–H and O–H groups in total. The van der Waals surface area contributed by atoms with Crippen LogP contribution in [0.1, 0.15) is 15.9 Å². The van der Waals surface area contributed by atoms with Crippen LogP contribution < -0.4 is 10.1 Å². The van der Waals surface area contributed by atoms with E-state index in [4.69, 9.17) is 16.3 Å². The highest BCUT2D eigenvalue weighted by atomic mass is 35.5. The average molecular weight is 448 g/mol. The van der Waals surface area contributed by atoms with Crippen LogP contribution in [0.4, 0.5) is 11.4 Å². The summed E-state index contributed by atoms with van der Waals surface area (Å²) in [6, 6.07) is 19.8. The minimum absolute atomic E-state index is 0.144. The third kappa shape index (κ3) is 5.56. The Balaban J connectivity index is 1.72. The third-order valence-corrected chi connectivity index (χ3v) is 4.40. The summed E-state index contributed by atoms with van der Waals surface area (Å²) in [5.41, 5.74) is 0.274. The first kappa shape index (κ1) is 22.2. The van der Waals surface area contributed by atoms with Gasteiger partial charge in [-0.3, -0.25) is 14.9 Å². The van der Waals surface area contributed by atoms with E-state index in [9.17, 15) is 25.0 Å². The molecule has 8 nitrogen and oxygen atoms in total. The number of benzene rings is 3. The molecule has 0 aliphatic heterocycles. The van der Waals surface area contributed by atoms with Crippen LogP contribution in [0, 0.1) is 21.4 Å². The molecule has 0 unspecified atom stereocenters.